The first kappa shape index (κ1) is 22.8. The molecule has 188 valence electrons. The Morgan fingerprint density at radius 2 is 1.36 bits per heavy atom. The fourth-order valence-corrected chi connectivity index (χ4v) is 5.50. The molecule has 6 aromatic rings. The number of carboxylic acids is 2. The highest BCUT2D eigenvalue weighted by molar-refractivity contribution is 6.32. The molecule has 0 saturated heterocycles. The standard InChI is InChI=1S/C28H12ClN3O7/c29-17-6-2-12(28(38)39)10-20(17)32-25(34)14-4-7-18-22-19(8-5-15(21(14)22)26(32)35)31-23(30-18)16-9-11(27(36)37)1-3-13(16)24(31)33/h1-10H,(H,36,37)(H,38,39). The van der Waals surface area contributed by atoms with Gasteiger partial charge in [-0.3, -0.25) is 19.0 Å². The summed E-state index contributed by atoms with van der Waals surface area (Å²) in [6.45, 7) is 0. The molecule has 0 atom stereocenters. The molecular formula is C28H12ClN3O7. The summed E-state index contributed by atoms with van der Waals surface area (Å²) in [4.78, 5) is 68.4. The summed E-state index contributed by atoms with van der Waals surface area (Å²) >= 11 is 6.29. The van der Waals surface area contributed by atoms with Crippen LogP contribution in [0.25, 0.3) is 49.7 Å². The van der Waals surface area contributed by atoms with Crippen molar-refractivity contribution < 1.29 is 24.6 Å². The molecule has 11 heteroatoms. The van der Waals surface area contributed by atoms with Crippen LogP contribution in [0.5, 0.6) is 0 Å². The van der Waals surface area contributed by atoms with Gasteiger partial charge >= 0.3 is 11.9 Å². The quantitative estimate of drug-likeness (QED) is 0.321. The molecule has 0 aliphatic carbocycles. The molecule has 10 nitrogen and oxygen atoms in total. The van der Waals surface area contributed by atoms with Crippen molar-refractivity contribution in [1.29, 1.82) is 0 Å². The molecule has 0 spiro atoms. The highest BCUT2D eigenvalue weighted by Crippen LogP contribution is 2.39. The summed E-state index contributed by atoms with van der Waals surface area (Å²) in [7, 11) is 0. The number of aromatic carboxylic acids is 2. The van der Waals surface area contributed by atoms with E-state index in [0.29, 0.717) is 27.4 Å². The first-order chi connectivity index (χ1) is 18.7. The average molecular weight is 538 g/mol. The van der Waals surface area contributed by atoms with Crippen LogP contribution in [0.3, 0.4) is 0 Å². The van der Waals surface area contributed by atoms with Crippen LogP contribution in [0.2, 0.25) is 5.02 Å². The minimum atomic E-state index is -1.25. The Balaban J connectivity index is 1.58. The maximum Gasteiger partial charge on any atom is 0.335 e. The predicted octanol–water partition coefficient (Wildman–Crippen LogP) is 4.01. The van der Waals surface area contributed by atoms with Crippen molar-refractivity contribution in [3.63, 3.8) is 0 Å². The summed E-state index contributed by atoms with van der Waals surface area (Å²) in [5, 5.41) is 19.9. The fourth-order valence-electron chi connectivity index (χ4n) is 5.30. The van der Waals surface area contributed by atoms with Crippen molar-refractivity contribution in [1.82, 2.24) is 14.1 Å². The molecule has 7 rings (SSSR count). The Morgan fingerprint density at radius 3 is 2.05 bits per heavy atom. The molecule has 4 aromatic carbocycles. The zero-order valence-electron chi connectivity index (χ0n) is 19.4. The van der Waals surface area contributed by atoms with E-state index in [9.17, 15) is 34.2 Å². The summed E-state index contributed by atoms with van der Waals surface area (Å²) in [6, 6.07) is 14.1. The summed E-state index contributed by atoms with van der Waals surface area (Å²) in [5.74, 6) is -2.56. The molecule has 39 heavy (non-hydrogen) atoms. The lowest BCUT2D eigenvalue weighted by Gasteiger charge is -2.16. The van der Waals surface area contributed by atoms with Crippen LogP contribution in [0.15, 0.2) is 70.3 Å². The van der Waals surface area contributed by atoms with Gasteiger partial charge in [0.15, 0.2) is 0 Å². The van der Waals surface area contributed by atoms with E-state index in [1.54, 1.807) is 12.1 Å². The Labute approximate surface area is 220 Å². The number of pyridine rings is 1. The Hall–Kier alpha value is -5.35. The normalized spacial score (nSPS) is 12.4. The second-order valence-corrected chi connectivity index (χ2v) is 9.48. The van der Waals surface area contributed by atoms with Crippen molar-refractivity contribution in [3.8, 4) is 17.1 Å². The molecule has 0 fully saturated rings. The number of carbonyl (C=O) groups excluding carboxylic acids is 1. The lowest BCUT2D eigenvalue weighted by Crippen LogP contribution is -2.32. The van der Waals surface area contributed by atoms with E-state index in [1.165, 1.54) is 47.0 Å². The van der Waals surface area contributed by atoms with Crippen molar-refractivity contribution >= 4 is 62.0 Å². The molecule has 1 aliphatic heterocycles. The number of benzene rings is 4. The molecule has 2 N–H and O–H groups in total. The first-order valence-electron chi connectivity index (χ1n) is 11.5. The molecule has 3 heterocycles. The highest BCUT2D eigenvalue weighted by atomic mass is 35.5. The number of carbonyl (C=O) groups is 3. The maximum atomic E-state index is 13.7. The van der Waals surface area contributed by atoms with Gasteiger partial charge in [-0.25, -0.2) is 19.1 Å². The zero-order valence-corrected chi connectivity index (χ0v) is 20.2. The van der Waals surface area contributed by atoms with E-state index in [1.807, 2.05) is 0 Å². The Bertz CT molecular complexity index is 2230. The van der Waals surface area contributed by atoms with Crippen molar-refractivity contribution in [2.75, 3.05) is 0 Å². The molecule has 1 aliphatic rings. The Kier molecular flexibility index (Phi) is 4.44. The van der Waals surface area contributed by atoms with Gasteiger partial charge in [-0.05, 0) is 60.7 Å². The van der Waals surface area contributed by atoms with Gasteiger partial charge in [-0.1, -0.05) is 11.6 Å². The van der Waals surface area contributed by atoms with E-state index in [-0.39, 0.29) is 44.0 Å². The largest absolute Gasteiger partial charge is 0.478 e. The van der Waals surface area contributed by atoms with Crippen LogP contribution in [0.1, 0.15) is 31.1 Å². The van der Waals surface area contributed by atoms with Crippen molar-refractivity contribution in [3.05, 3.63) is 103 Å². The third-order valence-corrected chi connectivity index (χ3v) is 7.36. The van der Waals surface area contributed by atoms with E-state index >= 15 is 0 Å². The molecule has 2 aromatic heterocycles. The minimum Gasteiger partial charge on any atom is -0.478 e. The van der Waals surface area contributed by atoms with Crippen LogP contribution in [0.4, 0.5) is 0 Å². The molecule has 0 bridgehead atoms. The van der Waals surface area contributed by atoms with Gasteiger partial charge in [0, 0.05) is 27.1 Å². The van der Waals surface area contributed by atoms with Crippen LogP contribution in [0, 0.1) is 0 Å². The van der Waals surface area contributed by atoms with E-state index in [2.05, 4.69) is 4.98 Å². The number of hydrogen-bond acceptors (Lipinski definition) is 6. The maximum absolute atomic E-state index is 13.7. The fraction of sp³-hybridized carbons (Fsp3) is 0. The summed E-state index contributed by atoms with van der Waals surface area (Å²) in [5.41, 5.74) is -0.185. The number of rotatable bonds is 3. The van der Waals surface area contributed by atoms with Gasteiger partial charge in [0.05, 0.1) is 38.4 Å². The highest BCUT2D eigenvalue weighted by Gasteiger charge is 2.31. The zero-order chi connectivity index (χ0) is 27.3. The number of nitrogens with zero attached hydrogens (tertiary/aromatic N) is 3. The van der Waals surface area contributed by atoms with E-state index in [0.717, 1.165) is 10.6 Å². The third-order valence-electron chi connectivity index (χ3n) is 7.04. The number of hydrogen-bond donors (Lipinski definition) is 2. The number of fused-ring (bicyclic) bond motifs is 4. The van der Waals surface area contributed by atoms with Crippen LogP contribution >= 0.6 is 11.6 Å². The molecule has 0 unspecified atom stereocenters. The number of halogens is 1. The van der Waals surface area contributed by atoms with Crippen molar-refractivity contribution in [2.45, 2.75) is 0 Å². The van der Waals surface area contributed by atoms with Gasteiger partial charge < -0.3 is 10.2 Å². The van der Waals surface area contributed by atoms with Gasteiger partial charge in [-0.15, -0.1) is 0 Å². The van der Waals surface area contributed by atoms with Crippen LogP contribution in [-0.4, -0.2) is 42.2 Å². The number of carboxylic acid groups (broad SMARTS) is 2. The van der Waals surface area contributed by atoms with Gasteiger partial charge in [0.25, 0.3) is 17.0 Å². The van der Waals surface area contributed by atoms with E-state index < -0.39 is 29.0 Å². The van der Waals surface area contributed by atoms with Crippen LogP contribution < -0.4 is 11.1 Å². The minimum absolute atomic E-state index is 0.00376. The van der Waals surface area contributed by atoms with E-state index in [4.69, 9.17) is 11.6 Å². The second kappa shape index (κ2) is 7.59. The van der Waals surface area contributed by atoms with Gasteiger partial charge in [-0.2, -0.15) is 0 Å². The topological polar surface area (TPSA) is 149 Å². The Morgan fingerprint density at radius 1 is 0.718 bits per heavy atom. The molecule has 0 saturated carbocycles. The second-order valence-electron chi connectivity index (χ2n) is 9.07. The SMILES string of the molecule is O=C(O)c1ccc2c(c1)-c1nc3ccc4c(=O)n(-c5cc(C(=O)O)ccc5Cl)c(=O)c5ccc(c3c45)n1C2=O. The molecule has 0 amide bonds. The monoisotopic (exact) mass is 537 g/mol. The summed E-state index contributed by atoms with van der Waals surface area (Å²) in [6.07, 6.45) is 0. The predicted molar refractivity (Wildman–Crippen MR) is 142 cm³/mol. The van der Waals surface area contributed by atoms with Crippen molar-refractivity contribution in [2.24, 2.45) is 0 Å². The lowest BCUT2D eigenvalue weighted by atomic mass is 9.99. The lowest BCUT2D eigenvalue weighted by molar-refractivity contribution is 0.0686. The third kappa shape index (κ3) is 2.91. The first-order valence-corrected chi connectivity index (χ1v) is 11.9. The van der Waals surface area contributed by atoms with Gasteiger partial charge in [0.2, 0.25) is 0 Å². The molecular weight excluding hydrogens is 526 g/mol. The molecule has 0 radical (unpaired) electrons. The van der Waals surface area contributed by atoms with Gasteiger partial charge in [0.1, 0.15) is 5.82 Å². The number of aromatic nitrogens is 3. The average Bonchev–Trinajstić information content (AvgIpc) is 3.20. The summed E-state index contributed by atoms with van der Waals surface area (Å²) < 4.78 is 2.19. The smallest absolute Gasteiger partial charge is 0.335 e. The van der Waals surface area contributed by atoms with Crippen LogP contribution in [-0.2, 0) is 0 Å².